The predicted octanol–water partition coefficient (Wildman–Crippen LogP) is 2.64. The van der Waals surface area contributed by atoms with Gasteiger partial charge in [-0.25, -0.2) is 18.5 Å². The van der Waals surface area contributed by atoms with E-state index in [0.717, 1.165) is 16.3 Å². The Balaban J connectivity index is 1.65. The van der Waals surface area contributed by atoms with Crippen LogP contribution in [-0.2, 0) is 16.4 Å². The highest BCUT2D eigenvalue weighted by molar-refractivity contribution is 7.89. The Hall–Kier alpha value is -2.75. The Kier molecular flexibility index (Phi) is 5.54. The fourth-order valence-corrected chi connectivity index (χ4v) is 3.66. The Morgan fingerprint density at radius 2 is 1.81 bits per heavy atom. The maximum atomic E-state index is 12.3. The first-order chi connectivity index (χ1) is 12.8. The zero-order valence-corrected chi connectivity index (χ0v) is 16.0. The number of thiazole rings is 1. The van der Waals surface area contributed by atoms with Crippen LogP contribution in [0, 0.1) is 0 Å². The lowest BCUT2D eigenvalue weighted by Gasteiger charge is -2.04. The molecule has 3 aromatic rings. The van der Waals surface area contributed by atoms with Crippen LogP contribution in [0.25, 0.3) is 0 Å². The van der Waals surface area contributed by atoms with Crippen molar-refractivity contribution in [2.24, 2.45) is 5.14 Å². The van der Waals surface area contributed by atoms with Crippen molar-refractivity contribution < 1.29 is 17.9 Å². The SMILES string of the molecule is COc1ccc(Cc2nc(C(=O)Nc3ccc(S(N)(=O)=O)cc3)cs2)cc1. The number of sulfonamides is 1. The number of rotatable bonds is 6. The summed E-state index contributed by atoms with van der Waals surface area (Å²) in [7, 11) is -2.15. The zero-order chi connectivity index (χ0) is 19.4. The number of nitrogens with zero attached hydrogens (tertiary/aromatic N) is 1. The summed E-state index contributed by atoms with van der Waals surface area (Å²) >= 11 is 1.40. The van der Waals surface area contributed by atoms with Crippen molar-refractivity contribution in [2.45, 2.75) is 11.3 Å². The van der Waals surface area contributed by atoms with E-state index in [2.05, 4.69) is 10.3 Å². The molecule has 3 N–H and O–H groups in total. The van der Waals surface area contributed by atoms with Crippen molar-refractivity contribution in [3.8, 4) is 5.75 Å². The van der Waals surface area contributed by atoms with Gasteiger partial charge < -0.3 is 10.1 Å². The highest BCUT2D eigenvalue weighted by Gasteiger charge is 2.13. The summed E-state index contributed by atoms with van der Waals surface area (Å²) in [5, 5.41) is 10.2. The van der Waals surface area contributed by atoms with E-state index in [1.807, 2.05) is 24.3 Å². The van der Waals surface area contributed by atoms with Gasteiger partial charge in [-0.2, -0.15) is 0 Å². The van der Waals surface area contributed by atoms with E-state index in [4.69, 9.17) is 9.88 Å². The molecule has 7 nitrogen and oxygen atoms in total. The smallest absolute Gasteiger partial charge is 0.275 e. The minimum Gasteiger partial charge on any atom is -0.497 e. The van der Waals surface area contributed by atoms with Gasteiger partial charge in [0.25, 0.3) is 5.91 Å². The molecular formula is C18H17N3O4S2. The number of anilines is 1. The standard InChI is InChI=1S/C18H17N3O4S2/c1-25-14-6-2-12(3-7-14)10-17-21-16(11-26-17)18(22)20-13-4-8-15(9-5-13)27(19,23)24/h2-9,11H,10H2,1H3,(H,20,22)(H2,19,23,24). The molecule has 1 aromatic heterocycles. The summed E-state index contributed by atoms with van der Waals surface area (Å²) in [5.74, 6) is 0.419. The summed E-state index contributed by atoms with van der Waals surface area (Å²) in [6.45, 7) is 0. The molecule has 9 heteroatoms. The van der Waals surface area contributed by atoms with Crippen molar-refractivity contribution >= 4 is 33.0 Å². The van der Waals surface area contributed by atoms with Gasteiger partial charge in [0.05, 0.1) is 17.0 Å². The fraction of sp³-hybridized carbons (Fsp3) is 0.111. The Bertz CT molecular complexity index is 1040. The molecule has 0 aliphatic carbocycles. The minimum atomic E-state index is -3.76. The van der Waals surface area contributed by atoms with E-state index < -0.39 is 10.0 Å². The van der Waals surface area contributed by atoms with E-state index in [0.29, 0.717) is 17.8 Å². The van der Waals surface area contributed by atoms with Crippen LogP contribution in [0.2, 0.25) is 0 Å². The summed E-state index contributed by atoms with van der Waals surface area (Å²) in [4.78, 5) is 16.7. The Morgan fingerprint density at radius 1 is 1.15 bits per heavy atom. The number of carbonyl (C=O) groups excluding carboxylic acids is 1. The fourth-order valence-electron chi connectivity index (χ4n) is 2.34. The second-order valence-corrected chi connectivity index (χ2v) is 8.18. The van der Waals surface area contributed by atoms with Gasteiger partial charge in [0.2, 0.25) is 10.0 Å². The second kappa shape index (κ2) is 7.87. The molecule has 0 aliphatic heterocycles. The van der Waals surface area contributed by atoms with Crippen LogP contribution in [0.3, 0.4) is 0 Å². The maximum Gasteiger partial charge on any atom is 0.275 e. The van der Waals surface area contributed by atoms with Crippen molar-refractivity contribution in [2.75, 3.05) is 12.4 Å². The third-order valence-electron chi connectivity index (χ3n) is 3.74. The van der Waals surface area contributed by atoms with Gasteiger partial charge in [-0.1, -0.05) is 12.1 Å². The molecule has 2 aromatic carbocycles. The molecule has 0 atom stereocenters. The molecule has 1 heterocycles. The van der Waals surface area contributed by atoms with Crippen LogP contribution in [0.4, 0.5) is 5.69 Å². The van der Waals surface area contributed by atoms with Gasteiger partial charge in [-0.3, -0.25) is 4.79 Å². The molecule has 140 valence electrons. The number of hydrogen-bond donors (Lipinski definition) is 2. The topological polar surface area (TPSA) is 111 Å². The maximum absolute atomic E-state index is 12.3. The first-order valence-electron chi connectivity index (χ1n) is 7.87. The number of methoxy groups -OCH3 is 1. The van der Waals surface area contributed by atoms with E-state index in [-0.39, 0.29) is 10.8 Å². The van der Waals surface area contributed by atoms with Crippen molar-refractivity contribution in [1.29, 1.82) is 0 Å². The minimum absolute atomic E-state index is 0.0177. The van der Waals surface area contributed by atoms with Gasteiger partial charge >= 0.3 is 0 Å². The van der Waals surface area contributed by atoms with Crippen LogP contribution >= 0.6 is 11.3 Å². The van der Waals surface area contributed by atoms with Crippen LogP contribution in [-0.4, -0.2) is 26.4 Å². The van der Waals surface area contributed by atoms with E-state index in [1.165, 1.54) is 35.6 Å². The molecule has 27 heavy (non-hydrogen) atoms. The average Bonchev–Trinajstić information content (AvgIpc) is 3.11. The number of benzene rings is 2. The lowest BCUT2D eigenvalue weighted by atomic mass is 10.1. The van der Waals surface area contributed by atoms with Crippen molar-refractivity contribution in [3.05, 3.63) is 70.2 Å². The molecule has 1 amide bonds. The van der Waals surface area contributed by atoms with Crippen LogP contribution in [0.1, 0.15) is 21.1 Å². The van der Waals surface area contributed by atoms with Crippen LogP contribution in [0.15, 0.2) is 58.8 Å². The van der Waals surface area contributed by atoms with Gasteiger partial charge in [0.1, 0.15) is 11.4 Å². The predicted molar refractivity (Wildman–Crippen MR) is 104 cm³/mol. The molecule has 0 saturated carbocycles. The van der Waals surface area contributed by atoms with Crippen LogP contribution in [0.5, 0.6) is 5.75 Å². The van der Waals surface area contributed by atoms with E-state index >= 15 is 0 Å². The Labute approximate surface area is 160 Å². The first-order valence-corrected chi connectivity index (χ1v) is 10.3. The lowest BCUT2D eigenvalue weighted by molar-refractivity contribution is 0.102. The lowest BCUT2D eigenvalue weighted by Crippen LogP contribution is -2.14. The first kappa shape index (κ1) is 19.0. The summed E-state index contributed by atoms with van der Waals surface area (Å²) in [5.41, 5.74) is 1.83. The third-order valence-corrected chi connectivity index (χ3v) is 5.52. The highest BCUT2D eigenvalue weighted by atomic mass is 32.2. The largest absolute Gasteiger partial charge is 0.497 e. The van der Waals surface area contributed by atoms with E-state index in [9.17, 15) is 13.2 Å². The quantitative estimate of drug-likeness (QED) is 0.657. The zero-order valence-electron chi connectivity index (χ0n) is 14.4. The number of hydrogen-bond acceptors (Lipinski definition) is 6. The average molecular weight is 403 g/mol. The molecule has 0 saturated heterocycles. The van der Waals surface area contributed by atoms with Gasteiger partial charge in [-0.15, -0.1) is 11.3 Å². The number of nitrogens with two attached hydrogens (primary N) is 1. The van der Waals surface area contributed by atoms with Crippen molar-refractivity contribution in [1.82, 2.24) is 4.98 Å². The number of carbonyl (C=O) groups is 1. The van der Waals surface area contributed by atoms with Crippen molar-refractivity contribution in [3.63, 3.8) is 0 Å². The molecule has 0 spiro atoms. The third kappa shape index (κ3) is 4.91. The molecule has 0 bridgehead atoms. The number of nitrogens with one attached hydrogen (secondary N) is 1. The highest BCUT2D eigenvalue weighted by Crippen LogP contribution is 2.19. The normalized spacial score (nSPS) is 11.2. The van der Waals surface area contributed by atoms with Gasteiger partial charge in [-0.05, 0) is 42.0 Å². The summed E-state index contributed by atoms with van der Waals surface area (Å²) < 4.78 is 27.6. The summed E-state index contributed by atoms with van der Waals surface area (Å²) in [6.07, 6.45) is 0.616. The second-order valence-electron chi connectivity index (χ2n) is 5.67. The summed E-state index contributed by atoms with van der Waals surface area (Å²) in [6, 6.07) is 13.3. The number of primary sulfonamides is 1. The van der Waals surface area contributed by atoms with Crippen LogP contribution < -0.4 is 15.2 Å². The molecule has 0 fully saturated rings. The molecular weight excluding hydrogens is 386 g/mol. The van der Waals surface area contributed by atoms with Gasteiger partial charge in [0, 0.05) is 17.5 Å². The monoisotopic (exact) mass is 403 g/mol. The Morgan fingerprint density at radius 3 is 2.41 bits per heavy atom. The number of amides is 1. The number of aromatic nitrogens is 1. The molecule has 3 rings (SSSR count). The van der Waals surface area contributed by atoms with Gasteiger partial charge in [0.15, 0.2) is 0 Å². The van der Waals surface area contributed by atoms with E-state index in [1.54, 1.807) is 12.5 Å². The molecule has 0 unspecified atom stereocenters. The molecule has 0 aliphatic rings. The molecule has 0 radical (unpaired) electrons. The number of ether oxygens (including phenoxy) is 1.